The molecular weight excluding hydrogens is 953 g/mol. The Balaban J connectivity index is 1.03. The van der Waals surface area contributed by atoms with Gasteiger partial charge in [0.2, 0.25) is 12.3 Å². The maximum atomic E-state index is 17.2. The molecule has 17 heteroatoms. The molecular formula is C56H69F2N7O7S. The molecule has 1 aliphatic carbocycles. The van der Waals surface area contributed by atoms with E-state index in [2.05, 4.69) is 65.3 Å². The van der Waals surface area contributed by atoms with Crippen molar-refractivity contribution in [1.82, 2.24) is 30.4 Å². The molecule has 0 bridgehead atoms. The predicted octanol–water partition coefficient (Wildman–Crippen LogP) is 9.62. The van der Waals surface area contributed by atoms with Crippen LogP contribution in [0.25, 0.3) is 28.5 Å². The van der Waals surface area contributed by atoms with Crippen LogP contribution in [0.5, 0.6) is 5.75 Å². The van der Waals surface area contributed by atoms with E-state index < -0.39 is 43.0 Å². The number of H-pyrrole nitrogens is 1. The number of alkyl halides is 1. The number of nitrogens with one attached hydrogen (secondary N) is 3. The van der Waals surface area contributed by atoms with Gasteiger partial charge in [0.1, 0.15) is 35.9 Å². The fourth-order valence-corrected chi connectivity index (χ4v) is 12.5. The minimum atomic E-state index is -1.36. The smallest absolute Gasteiger partial charge is 0.407 e. The van der Waals surface area contributed by atoms with Gasteiger partial charge in [-0.05, 0) is 106 Å². The molecule has 2 aromatic carbocycles. The number of allylic oxidation sites excluding steroid dienone is 1. The van der Waals surface area contributed by atoms with Gasteiger partial charge >= 0.3 is 6.09 Å². The average molecular weight is 1020 g/mol. The Morgan fingerprint density at radius 1 is 1.04 bits per heavy atom. The van der Waals surface area contributed by atoms with E-state index >= 15 is 8.78 Å². The summed E-state index contributed by atoms with van der Waals surface area (Å²) in [5.74, 6) is -0.199. The van der Waals surface area contributed by atoms with Crippen molar-refractivity contribution in [3.63, 3.8) is 0 Å². The third kappa shape index (κ3) is 10.3. The minimum Gasteiger partial charge on any atom is -0.483 e. The number of amides is 2. The number of aliphatic hydroxyl groups is 2. The first-order valence-corrected chi connectivity index (χ1v) is 26.4. The van der Waals surface area contributed by atoms with E-state index in [1.165, 1.54) is 19.1 Å². The van der Waals surface area contributed by atoms with Crippen LogP contribution in [0, 0.1) is 35.4 Å². The average Bonchev–Trinajstić information content (AvgIpc) is 4.21. The van der Waals surface area contributed by atoms with E-state index in [1.807, 2.05) is 68.4 Å². The number of carbonyl (C=O) groups excluding carboxylic acids is 2. The number of imidazole rings is 1. The molecule has 0 radical (unpaired) electrons. The third-order valence-corrected chi connectivity index (χ3v) is 16.7. The molecule has 4 aromatic rings. The summed E-state index contributed by atoms with van der Waals surface area (Å²) in [5, 5.41) is 29.7. The van der Waals surface area contributed by atoms with Crippen molar-refractivity contribution < 1.29 is 42.8 Å². The summed E-state index contributed by atoms with van der Waals surface area (Å²) in [7, 11) is 2.64. The molecule has 2 fully saturated rings. The second kappa shape index (κ2) is 21.7. The van der Waals surface area contributed by atoms with Crippen LogP contribution in [0.4, 0.5) is 13.6 Å². The molecule has 0 spiro atoms. The van der Waals surface area contributed by atoms with Gasteiger partial charge in [-0.3, -0.25) is 20.0 Å². The number of aliphatic imine (C=N–C) groups is 1. The number of methoxy groups -OCH3 is 2. The molecule has 0 saturated carbocycles. The molecule has 2 aromatic heterocycles. The number of nitrogens with zero attached hydrogens (tertiary/aromatic N) is 4. The molecule has 2 amide bonds. The quantitative estimate of drug-likeness (QED) is 0.0570. The molecule has 73 heavy (non-hydrogen) atoms. The lowest BCUT2D eigenvalue weighted by Crippen LogP contribution is -2.57. The highest BCUT2D eigenvalue weighted by Gasteiger charge is 2.46. The molecule has 2 saturated heterocycles. The highest BCUT2D eigenvalue weighted by atomic mass is 32.1. The van der Waals surface area contributed by atoms with Crippen LogP contribution in [0.3, 0.4) is 0 Å². The van der Waals surface area contributed by atoms with Crippen LogP contribution in [0.15, 0.2) is 77.9 Å². The summed E-state index contributed by atoms with van der Waals surface area (Å²) in [4.78, 5) is 44.0. The van der Waals surface area contributed by atoms with Gasteiger partial charge in [-0.2, -0.15) is 0 Å². The molecule has 14 nitrogen and oxygen atoms in total. The highest BCUT2D eigenvalue weighted by Crippen LogP contribution is 2.57. The third-order valence-electron chi connectivity index (χ3n) is 15.8. The Bertz CT molecular complexity index is 2780. The van der Waals surface area contributed by atoms with Crippen LogP contribution in [0.1, 0.15) is 118 Å². The monoisotopic (exact) mass is 1020 g/mol. The SMILES string of the molecule is C=CC1CC(C2=NC=C(c3cc(F)c4c(c3)OC(c3cccs3)C3C4=Cc4cc(-c5cnc(C6CC(F)CN6C(=O)C(NC(O)OC)C(C)C)[nH]5)ccc4C3C)CCC2C)N(C(O)C(NC(=O)OC)C(C)C)C1. The number of thiophene rings is 1. The zero-order valence-corrected chi connectivity index (χ0v) is 43.7. The van der Waals surface area contributed by atoms with Crippen molar-refractivity contribution in [2.75, 3.05) is 27.3 Å². The molecule has 6 heterocycles. The van der Waals surface area contributed by atoms with Crippen LogP contribution < -0.4 is 15.4 Å². The topological polar surface area (TPSA) is 174 Å². The van der Waals surface area contributed by atoms with Gasteiger partial charge in [0.15, 0.2) is 0 Å². The van der Waals surface area contributed by atoms with Crippen LogP contribution in [0.2, 0.25) is 0 Å². The van der Waals surface area contributed by atoms with E-state index in [-0.39, 0.29) is 72.3 Å². The largest absolute Gasteiger partial charge is 0.483 e. The first-order chi connectivity index (χ1) is 35.0. The number of ether oxygens (including phenoxy) is 3. The first-order valence-electron chi connectivity index (χ1n) is 25.5. The molecule has 12 atom stereocenters. The standard InChI is InChI=1S/C56H69F2N7O7S/c1-10-32-18-42(64(26-32)53(66)48(28(2)3)62-55(68)70-8)50-30(6)13-14-34(24-59-50)35-21-40(58)47-39-20-36-19-33(15-16-38(36)31(7)46(39)51(72-44(47)22-35)45-12-11-17-73-45)41-25-60-52(61-41)43-23-37(57)27-65(43)54(67)49(29(4)5)63-56(69)71-9/h10-12,15-17,19-22,24-25,28-32,37,42-43,46,48-49,51,53,56,63,66,69H,1,13-14,18,23,26-27H2,2-9H3,(H,60,61)(H,62,68). The van der Waals surface area contributed by atoms with Gasteiger partial charge < -0.3 is 39.6 Å². The number of likely N-dealkylation sites (tertiary alicyclic amines) is 2. The van der Waals surface area contributed by atoms with E-state index in [0.717, 1.165) is 44.8 Å². The van der Waals surface area contributed by atoms with Gasteiger partial charge in [-0.25, -0.2) is 18.6 Å². The van der Waals surface area contributed by atoms with Gasteiger partial charge in [0.05, 0.1) is 55.3 Å². The van der Waals surface area contributed by atoms with E-state index in [0.29, 0.717) is 47.8 Å². The number of aliphatic hydroxyl groups excluding tert-OH is 2. The minimum absolute atomic E-state index is 0.0455. The molecule has 4 aliphatic heterocycles. The summed E-state index contributed by atoms with van der Waals surface area (Å²) in [6, 6.07) is 11.6. The number of halogens is 2. The fourth-order valence-electron chi connectivity index (χ4n) is 11.7. The first kappa shape index (κ1) is 52.3. The molecule has 5 aliphatic rings. The Labute approximate surface area is 430 Å². The van der Waals surface area contributed by atoms with Gasteiger partial charge in [0, 0.05) is 48.3 Å². The zero-order chi connectivity index (χ0) is 52.0. The number of hydrogen-bond donors (Lipinski definition) is 5. The maximum Gasteiger partial charge on any atom is 0.407 e. The Morgan fingerprint density at radius 2 is 1.84 bits per heavy atom. The number of aromatic amines is 1. The fraction of sp³-hybridized carbons (Fsp3) is 0.500. The van der Waals surface area contributed by atoms with Crippen molar-refractivity contribution in [2.45, 2.75) is 122 Å². The number of benzene rings is 2. The second-order valence-corrected chi connectivity index (χ2v) is 22.0. The van der Waals surface area contributed by atoms with Crippen molar-refractivity contribution in [1.29, 1.82) is 0 Å². The number of aromatic nitrogens is 2. The summed E-state index contributed by atoms with van der Waals surface area (Å²) in [6.07, 6.45) is 5.16. The summed E-state index contributed by atoms with van der Waals surface area (Å²) in [5.41, 5.74) is 7.35. The number of fused-ring (bicyclic) bond motifs is 4. The second-order valence-electron chi connectivity index (χ2n) is 21.1. The van der Waals surface area contributed by atoms with Crippen molar-refractivity contribution in [3.8, 4) is 17.0 Å². The number of carbonyl (C=O) groups is 2. The van der Waals surface area contributed by atoms with Gasteiger partial charge in [-0.15, -0.1) is 17.9 Å². The maximum absolute atomic E-state index is 17.2. The van der Waals surface area contributed by atoms with E-state index in [4.69, 9.17) is 19.2 Å². The normalized spacial score (nSPS) is 26.6. The number of alkyl carbamates (subject to hydrolysis) is 1. The molecule has 12 unspecified atom stereocenters. The van der Waals surface area contributed by atoms with Crippen molar-refractivity contribution in [3.05, 3.63) is 112 Å². The predicted molar refractivity (Wildman–Crippen MR) is 279 cm³/mol. The number of hydrogen-bond acceptors (Lipinski definition) is 12. The highest BCUT2D eigenvalue weighted by molar-refractivity contribution is 7.10. The van der Waals surface area contributed by atoms with Crippen LogP contribution in [-0.2, 0) is 14.3 Å². The lowest BCUT2D eigenvalue weighted by Gasteiger charge is -2.42. The van der Waals surface area contributed by atoms with Gasteiger partial charge in [-0.1, -0.05) is 71.9 Å². The van der Waals surface area contributed by atoms with Gasteiger partial charge in [0.25, 0.3) is 0 Å². The molecule has 5 N–H and O–H groups in total. The lowest BCUT2D eigenvalue weighted by atomic mass is 9.69. The van der Waals surface area contributed by atoms with Crippen LogP contribution in [-0.4, -0.2) is 112 Å². The number of rotatable bonds is 15. The van der Waals surface area contributed by atoms with Crippen molar-refractivity contribution >= 4 is 46.3 Å². The molecule has 9 rings (SSSR count). The van der Waals surface area contributed by atoms with Crippen LogP contribution >= 0.6 is 11.3 Å². The molecule has 390 valence electrons. The van der Waals surface area contributed by atoms with E-state index in [9.17, 15) is 19.8 Å². The Kier molecular flexibility index (Phi) is 15.6. The Hall–Kier alpha value is -5.56. The van der Waals surface area contributed by atoms with Crippen molar-refractivity contribution in [2.24, 2.45) is 34.6 Å². The summed E-state index contributed by atoms with van der Waals surface area (Å²) < 4.78 is 49.2. The van der Waals surface area contributed by atoms with E-state index in [1.54, 1.807) is 23.6 Å². The summed E-state index contributed by atoms with van der Waals surface area (Å²) >= 11 is 1.62. The zero-order valence-electron chi connectivity index (χ0n) is 42.8. The summed E-state index contributed by atoms with van der Waals surface area (Å²) in [6.45, 7) is 16.4. The lowest BCUT2D eigenvalue weighted by molar-refractivity contribution is -0.145. The Morgan fingerprint density at radius 3 is 2.53 bits per heavy atom.